The molecule has 0 spiro atoms. The lowest BCUT2D eigenvalue weighted by atomic mass is 10.1. The summed E-state index contributed by atoms with van der Waals surface area (Å²) in [7, 11) is -3.71. The maximum atomic E-state index is 13.4. The first kappa shape index (κ1) is 24.2. The molecule has 1 aromatic carbocycles. The summed E-state index contributed by atoms with van der Waals surface area (Å²) >= 11 is 0. The van der Waals surface area contributed by atoms with Gasteiger partial charge in [-0.05, 0) is 44.2 Å². The van der Waals surface area contributed by atoms with Gasteiger partial charge in [-0.3, -0.25) is 4.79 Å². The third-order valence-corrected chi connectivity index (χ3v) is 8.06. The molecule has 182 valence electrons. The Morgan fingerprint density at radius 2 is 1.94 bits per heavy atom. The van der Waals surface area contributed by atoms with Gasteiger partial charge in [0.05, 0.1) is 22.5 Å². The third kappa shape index (κ3) is 4.40. The minimum atomic E-state index is -3.71. The second-order valence-corrected chi connectivity index (χ2v) is 10.2. The maximum Gasteiger partial charge on any atom is 0.260 e. The van der Waals surface area contributed by atoms with E-state index in [2.05, 4.69) is 23.4 Å². The molecule has 34 heavy (non-hydrogen) atoms. The summed E-state index contributed by atoms with van der Waals surface area (Å²) in [6, 6.07) is 4.73. The fraction of sp³-hybridized carbons (Fsp3) is 0.417. The molecule has 9 nitrogen and oxygen atoms in total. The van der Waals surface area contributed by atoms with E-state index in [9.17, 15) is 13.2 Å². The number of piperazine rings is 1. The number of fused-ring (bicyclic) bond motifs is 1. The standard InChI is InChI=1S/C24H31N5O4S/c1-5-10-28-16-17(4)21-23(28)25-22(26-24(21)30)19-15-18(8-9-20(19)33-7-3)34(31,32)29-13-11-27(6-2)12-14-29/h5,8-9,15-16H,1,6-7,10-14H2,2-4H3,(H,25,26,30). The predicted octanol–water partition coefficient (Wildman–Crippen LogP) is 2.61. The summed E-state index contributed by atoms with van der Waals surface area (Å²) in [6.07, 6.45) is 3.59. The summed E-state index contributed by atoms with van der Waals surface area (Å²) < 4.78 is 36.0. The second-order valence-electron chi connectivity index (χ2n) is 8.30. The van der Waals surface area contributed by atoms with Crippen LogP contribution in [-0.4, -0.2) is 71.5 Å². The van der Waals surface area contributed by atoms with Gasteiger partial charge in [0.2, 0.25) is 10.0 Å². The molecule has 0 atom stereocenters. The first-order valence-corrected chi connectivity index (χ1v) is 12.9. The van der Waals surface area contributed by atoms with Crippen LogP contribution in [0.25, 0.3) is 22.4 Å². The van der Waals surface area contributed by atoms with Crippen molar-refractivity contribution >= 4 is 21.1 Å². The van der Waals surface area contributed by atoms with Gasteiger partial charge in [-0.25, -0.2) is 13.4 Å². The number of allylic oxidation sites excluding steroid dienone is 1. The summed E-state index contributed by atoms with van der Waals surface area (Å²) in [5.41, 5.74) is 1.47. The highest BCUT2D eigenvalue weighted by Crippen LogP contribution is 2.32. The fourth-order valence-corrected chi connectivity index (χ4v) is 5.81. The molecule has 3 aromatic rings. The van der Waals surface area contributed by atoms with Crippen LogP contribution < -0.4 is 10.3 Å². The summed E-state index contributed by atoms with van der Waals surface area (Å²) in [5.74, 6) is 0.718. The van der Waals surface area contributed by atoms with Gasteiger partial charge in [0.1, 0.15) is 17.2 Å². The Morgan fingerprint density at radius 3 is 2.59 bits per heavy atom. The van der Waals surface area contributed by atoms with Crippen molar-refractivity contribution in [1.82, 2.24) is 23.7 Å². The van der Waals surface area contributed by atoms with Crippen LogP contribution >= 0.6 is 0 Å². The Balaban J connectivity index is 1.82. The molecule has 1 N–H and O–H groups in total. The number of hydrogen-bond donors (Lipinski definition) is 1. The Morgan fingerprint density at radius 1 is 1.21 bits per heavy atom. The summed E-state index contributed by atoms with van der Waals surface area (Å²) in [5, 5.41) is 0.501. The van der Waals surface area contributed by atoms with Crippen LogP contribution in [0.2, 0.25) is 0 Å². The van der Waals surface area contributed by atoms with E-state index in [1.165, 1.54) is 4.31 Å². The lowest BCUT2D eigenvalue weighted by Crippen LogP contribution is -2.48. The Labute approximate surface area is 199 Å². The number of aromatic nitrogens is 3. The van der Waals surface area contributed by atoms with Crippen molar-refractivity contribution in [2.75, 3.05) is 39.3 Å². The van der Waals surface area contributed by atoms with E-state index in [-0.39, 0.29) is 16.3 Å². The van der Waals surface area contributed by atoms with Crippen LogP contribution in [0.5, 0.6) is 5.75 Å². The monoisotopic (exact) mass is 485 g/mol. The molecule has 0 radical (unpaired) electrons. The molecular weight excluding hydrogens is 454 g/mol. The van der Waals surface area contributed by atoms with E-state index in [0.29, 0.717) is 61.7 Å². The lowest BCUT2D eigenvalue weighted by Gasteiger charge is -2.33. The molecule has 0 saturated carbocycles. The van der Waals surface area contributed by atoms with Crippen molar-refractivity contribution in [3.05, 3.63) is 53.0 Å². The number of H-pyrrole nitrogens is 1. The highest BCUT2D eigenvalue weighted by atomic mass is 32.2. The highest BCUT2D eigenvalue weighted by Gasteiger charge is 2.29. The number of sulfonamides is 1. The number of aromatic amines is 1. The van der Waals surface area contributed by atoms with Crippen molar-refractivity contribution < 1.29 is 13.2 Å². The largest absolute Gasteiger partial charge is 0.493 e. The number of rotatable bonds is 8. The number of ether oxygens (including phenoxy) is 1. The fourth-order valence-electron chi connectivity index (χ4n) is 4.36. The SMILES string of the molecule is C=CCn1cc(C)c2c(=O)[nH]c(-c3cc(S(=O)(=O)N4CCN(CC)CC4)ccc3OCC)nc21. The van der Waals surface area contributed by atoms with Gasteiger partial charge < -0.3 is 19.2 Å². The van der Waals surface area contributed by atoms with E-state index in [1.54, 1.807) is 24.3 Å². The molecule has 0 unspecified atom stereocenters. The van der Waals surface area contributed by atoms with Gasteiger partial charge in [0.15, 0.2) is 0 Å². The number of likely N-dealkylation sites (N-methyl/N-ethyl adjacent to an activating group) is 1. The van der Waals surface area contributed by atoms with Crippen LogP contribution in [0, 0.1) is 6.92 Å². The number of nitrogens with zero attached hydrogens (tertiary/aromatic N) is 4. The van der Waals surface area contributed by atoms with E-state index in [0.717, 1.165) is 12.1 Å². The van der Waals surface area contributed by atoms with Gasteiger partial charge in [-0.15, -0.1) is 6.58 Å². The summed E-state index contributed by atoms with van der Waals surface area (Å²) in [6.45, 7) is 13.6. The van der Waals surface area contributed by atoms with Gasteiger partial charge in [-0.1, -0.05) is 13.0 Å². The first-order valence-electron chi connectivity index (χ1n) is 11.5. The van der Waals surface area contributed by atoms with Gasteiger partial charge in [0.25, 0.3) is 5.56 Å². The zero-order valence-electron chi connectivity index (χ0n) is 19.9. The van der Waals surface area contributed by atoms with Crippen LogP contribution in [-0.2, 0) is 16.6 Å². The van der Waals surface area contributed by atoms with E-state index >= 15 is 0 Å². The van der Waals surface area contributed by atoms with Crippen molar-refractivity contribution in [2.24, 2.45) is 0 Å². The molecule has 2 aromatic heterocycles. The molecule has 0 bridgehead atoms. The van der Waals surface area contributed by atoms with Crippen LogP contribution in [0.1, 0.15) is 19.4 Å². The molecule has 1 aliphatic heterocycles. The molecule has 3 heterocycles. The zero-order valence-corrected chi connectivity index (χ0v) is 20.7. The molecule has 1 aliphatic rings. The van der Waals surface area contributed by atoms with Crippen molar-refractivity contribution in [3.8, 4) is 17.1 Å². The first-order chi connectivity index (χ1) is 16.3. The number of benzene rings is 1. The smallest absolute Gasteiger partial charge is 0.260 e. The van der Waals surface area contributed by atoms with Gasteiger partial charge in [0, 0.05) is 38.9 Å². The lowest BCUT2D eigenvalue weighted by molar-refractivity contribution is 0.196. The molecule has 1 saturated heterocycles. The van der Waals surface area contributed by atoms with Crippen molar-refractivity contribution in [3.63, 3.8) is 0 Å². The van der Waals surface area contributed by atoms with Crippen LogP contribution in [0.15, 0.2) is 46.7 Å². The minimum Gasteiger partial charge on any atom is -0.493 e. The number of hydrogen-bond acceptors (Lipinski definition) is 6. The normalized spacial score (nSPS) is 15.6. The third-order valence-electron chi connectivity index (χ3n) is 6.16. The van der Waals surface area contributed by atoms with E-state index < -0.39 is 10.0 Å². The average Bonchev–Trinajstić information content (AvgIpc) is 3.15. The van der Waals surface area contributed by atoms with E-state index in [1.807, 2.05) is 24.6 Å². The zero-order chi connectivity index (χ0) is 24.5. The predicted molar refractivity (Wildman–Crippen MR) is 133 cm³/mol. The van der Waals surface area contributed by atoms with E-state index in [4.69, 9.17) is 9.72 Å². The average molecular weight is 486 g/mol. The highest BCUT2D eigenvalue weighted by molar-refractivity contribution is 7.89. The minimum absolute atomic E-state index is 0.149. The van der Waals surface area contributed by atoms with Crippen LogP contribution in [0.3, 0.4) is 0 Å². The van der Waals surface area contributed by atoms with Gasteiger partial charge in [-0.2, -0.15) is 4.31 Å². The molecular formula is C24H31N5O4S. The van der Waals surface area contributed by atoms with Crippen molar-refractivity contribution in [2.45, 2.75) is 32.2 Å². The Kier molecular flexibility index (Phi) is 6.92. The quantitative estimate of drug-likeness (QED) is 0.493. The molecule has 0 aliphatic carbocycles. The Bertz CT molecular complexity index is 1370. The maximum absolute atomic E-state index is 13.4. The topological polar surface area (TPSA) is 101 Å². The second kappa shape index (κ2) is 9.73. The number of aryl methyl sites for hydroxylation is 1. The molecule has 10 heteroatoms. The van der Waals surface area contributed by atoms with Crippen LogP contribution in [0.4, 0.5) is 0 Å². The van der Waals surface area contributed by atoms with Gasteiger partial charge >= 0.3 is 0 Å². The molecule has 1 fully saturated rings. The summed E-state index contributed by atoms with van der Waals surface area (Å²) in [4.78, 5) is 22.9. The molecule has 4 rings (SSSR count). The molecule has 0 amide bonds. The van der Waals surface area contributed by atoms with Crippen molar-refractivity contribution in [1.29, 1.82) is 0 Å². The Hall–Kier alpha value is -2.95. The number of nitrogens with one attached hydrogen (secondary N) is 1.